The fourth-order valence-corrected chi connectivity index (χ4v) is 1.68. The lowest BCUT2D eigenvalue weighted by Crippen LogP contribution is -2.01. The zero-order chi connectivity index (χ0) is 13.5. The minimum Gasteiger partial charge on any atom is -0.496 e. The van der Waals surface area contributed by atoms with Crippen molar-refractivity contribution in [2.24, 2.45) is 5.16 Å². The molecule has 18 heavy (non-hydrogen) atoms. The molecule has 0 fully saturated rings. The number of hydrogen-bond acceptors (Lipinski definition) is 5. The van der Waals surface area contributed by atoms with Gasteiger partial charge in [0.1, 0.15) is 17.2 Å². The molecule has 0 radical (unpaired) electrons. The summed E-state index contributed by atoms with van der Waals surface area (Å²) in [6.45, 7) is 1.77. The Kier molecular flexibility index (Phi) is 5.30. The van der Waals surface area contributed by atoms with Crippen LogP contribution in [0.25, 0.3) is 0 Å². The molecule has 0 saturated carbocycles. The van der Waals surface area contributed by atoms with Crippen molar-refractivity contribution in [1.82, 2.24) is 0 Å². The van der Waals surface area contributed by atoms with Crippen LogP contribution in [0.1, 0.15) is 18.9 Å². The van der Waals surface area contributed by atoms with Crippen LogP contribution in [0, 0.1) is 0 Å². The molecule has 0 aliphatic carbocycles. The lowest BCUT2D eigenvalue weighted by atomic mass is 10.0. The first-order valence-electron chi connectivity index (χ1n) is 5.62. The van der Waals surface area contributed by atoms with E-state index in [1.165, 1.54) is 0 Å². The average molecular weight is 253 g/mol. The summed E-state index contributed by atoms with van der Waals surface area (Å²) in [4.78, 5) is 0. The Morgan fingerprint density at radius 3 is 2.06 bits per heavy atom. The van der Waals surface area contributed by atoms with E-state index < -0.39 is 0 Å². The van der Waals surface area contributed by atoms with Crippen molar-refractivity contribution >= 4 is 5.71 Å². The van der Waals surface area contributed by atoms with Gasteiger partial charge in [-0.1, -0.05) is 5.16 Å². The van der Waals surface area contributed by atoms with E-state index in [1.807, 2.05) is 12.1 Å². The van der Waals surface area contributed by atoms with Gasteiger partial charge in [0.25, 0.3) is 0 Å². The quantitative estimate of drug-likeness (QED) is 0.480. The van der Waals surface area contributed by atoms with Crippen molar-refractivity contribution in [3.63, 3.8) is 0 Å². The van der Waals surface area contributed by atoms with Crippen LogP contribution in [0.5, 0.6) is 17.2 Å². The van der Waals surface area contributed by atoms with Crippen LogP contribution in [0.2, 0.25) is 0 Å². The van der Waals surface area contributed by atoms with Gasteiger partial charge in [0.15, 0.2) is 0 Å². The number of ether oxygens (including phenoxy) is 3. The number of rotatable bonds is 6. The summed E-state index contributed by atoms with van der Waals surface area (Å²) in [6, 6.07) is 3.62. The monoisotopic (exact) mass is 253 g/mol. The molecule has 0 atom stereocenters. The van der Waals surface area contributed by atoms with Crippen LogP contribution in [-0.4, -0.2) is 32.2 Å². The molecule has 1 aromatic carbocycles. The van der Waals surface area contributed by atoms with Gasteiger partial charge in [0.05, 0.1) is 27.0 Å². The van der Waals surface area contributed by atoms with E-state index >= 15 is 0 Å². The molecule has 0 amide bonds. The molecule has 0 aliphatic rings. The number of methoxy groups -OCH3 is 3. The second-order valence-electron chi connectivity index (χ2n) is 3.85. The van der Waals surface area contributed by atoms with E-state index in [4.69, 9.17) is 19.4 Å². The van der Waals surface area contributed by atoms with Gasteiger partial charge in [-0.2, -0.15) is 0 Å². The molecule has 0 bridgehead atoms. The highest BCUT2D eigenvalue weighted by Gasteiger charge is 2.13. The van der Waals surface area contributed by atoms with E-state index in [9.17, 15) is 0 Å². The minimum atomic E-state index is 0.634. The third-order valence-electron chi connectivity index (χ3n) is 2.72. The summed E-state index contributed by atoms with van der Waals surface area (Å²) in [5.74, 6) is 2.09. The standard InChI is InChI=1S/C13H19NO4/c1-9(14-15)5-6-11-12(17-3)7-10(16-2)8-13(11)18-4/h7-8,15H,5-6H2,1-4H3/b14-9-. The lowest BCUT2D eigenvalue weighted by Gasteiger charge is -2.14. The van der Waals surface area contributed by atoms with Gasteiger partial charge in [0.2, 0.25) is 0 Å². The number of nitrogens with zero attached hydrogens (tertiary/aromatic N) is 1. The summed E-state index contributed by atoms with van der Waals surface area (Å²) in [5.41, 5.74) is 1.60. The van der Waals surface area contributed by atoms with Crippen LogP contribution in [0.4, 0.5) is 0 Å². The van der Waals surface area contributed by atoms with Gasteiger partial charge in [0, 0.05) is 17.7 Å². The predicted octanol–water partition coefficient (Wildman–Crippen LogP) is 2.50. The van der Waals surface area contributed by atoms with E-state index in [-0.39, 0.29) is 0 Å². The molecular weight excluding hydrogens is 234 g/mol. The van der Waals surface area contributed by atoms with Crippen molar-refractivity contribution < 1.29 is 19.4 Å². The topological polar surface area (TPSA) is 60.3 Å². The van der Waals surface area contributed by atoms with Gasteiger partial charge in [-0.25, -0.2) is 0 Å². The zero-order valence-corrected chi connectivity index (χ0v) is 11.2. The molecule has 0 heterocycles. The van der Waals surface area contributed by atoms with Crippen molar-refractivity contribution in [3.8, 4) is 17.2 Å². The lowest BCUT2D eigenvalue weighted by molar-refractivity contribution is 0.317. The second kappa shape index (κ2) is 6.74. The van der Waals surface area contributed by atoms with E-state index in [1.54, 1.807) is 28.3 Å². The highest BCUT2D eigenvalue weighted by Crippen LogP contribution is 2.34. The minimum absolute atomic E-state index is 0.634. The van der Waals surface area contributed by atoms with E-state index in [0.717, 1.165) is 5.56 Å². The van der Waals surface area contributed by atoms with Crippen LogP contribution in [0.3, 0.4) is 0 Å². The van der Waals surface area contributed by atoms with Crippen LogP contribution < -0.4 is 14.2 Å². The first-order valence-corrected chi connectivity index (χ1v) is 5.62. The van der Waals surface area contributed by atoms with Crippen LogP contribution in [-0.2, 0) is 6.42 Å². The Labute approximate surface area is 107 Å². The molecule has 0 saturated heterocycles. The van der Waals surface area contributed by atoms with Crippen molar-refractivity contribution in [2.45, 2.75) is 19.8 Å². The highest BCUT2D eigenvalue weighted by atomic mass is 16.5. The van der Waals surface area contributed by atoms with Gasteiger partial charge >= 0.3 is 0 Å². The molecule has 5 nitrogen and oxygen atoms in total. The number of oxime groups is 1. The smallest absolute Gasteiger partial charge is 0.129 e. The Morgan fingerprint density at radius 1 is 1.11 bits per heavy atom. The maximum atomic E-state index is 8.65. The first kappa shape index (κ1) is 14.2. The van der Waals surface area contributed by atoms with Gasteiger partial charge in [-0.3, -0.25) is 0 Å². The molecule has 1 rings (SSSR count). The number of benzene rings is 1. The summed E-state index contributed by atoms with van der Waals surface area (Å²) in [6.07, 6.45) is 1.31. The van der Waals surface area contributed by atoms with Gasteiger partial charge in [-0.15, -0.1) is 0 Å². The van der Waals surface area contributed by atoms with Crippen LogP contribution in [0.15, 0.2) is 17.3 Å². The Hall–Kier alpha value is -1.91. The van der Waals surface area contributed by atoms with Gasteiger partial charge < -0.3 is 19.4 Å². The van der Waals surface area contributed by atoms with Crippen molar-refractivity contribution in [1.29, 1.82) is 0 Å². The molecule has 0 unspecified atom stereocenters. The maximum Gasteiger partial charge on any atom is 0.129 e. The molecule has 1 N–H and O–H groups in total. The molecule has 0 aromatic heterocycles. The summed E-state index contributed by atoms with van der Waals surface area (Å²) in [7, 11) is 4.80. The predicted molar refractivity (Wildman–Crippen MR) is 69.3 cm³/mol. The normalized spacial score (nSPS) is 11.2. The second-order valence-corrected chi connectivity index (χ2v) is 3.85. The average Bonchev–Trinajstić information content (AvgIpc) is 2.43. The fraction of sp³-hybridized carbons (Fsp3) is 0.462. The van der Waals surface area contributed by atoms with Crippen molar-refractivity contribution in [3.05, 3.63) is 17.7 Å². The first-order chi connectivity index (χ1) is 8.65. The maximum absolute atomic E-state index is 8.65. The molecular formula is C13H19NO4. The molecule has 0 spiro atoms. The SMILES string of the molecule is COc1cc(OC)c(CC/C(C)=N\O)c(OC)c1. The van der Waals surface area contributed by atoms with Crippen LogP contribution >= 0.6 is 0 Å². The summed E-state index contributed by atoms with van der Waals surface area (Å²) in [5, 5.41) is 11.8. The zero-order valence-electron chi connectivity index (χ0n) is 11.2. The summed E-state index contributed by atoms with van der Waals surface area (Å²) < 4.78 is 15.8. The highest BCUT2D eigenvalue weighted by molar-refractivity contribution is 5.81. The molecule has 100 valence electrons. The Morgan fingerprint density at radius 2 is 1.67 bits per heavy atom. The van der Waals surface area contributed by atoms with Gasteiger partial charge in [-0.05, 0) is 19.8 Å². The van der Waals surface area contributed by atoms with E-state index in [2.05, 4.69) is 5.16 Å². The van der Waals surface area contributed by atoms with Crippen molar-refractivity contribution in [2.75, 3.05) is 21.3 Å². The number of hydrogen-bond donors (Lipinski definition) is 1. The fourth-order valence-electron chi connectivity index (χ4n) is 1.68. The molecule has 1 aromatic rings. The largest absolute Gasteiger partial charge is 0.496 e. The summed E-state index contributed by atoms with van der Waals surface area (Å²) >= 11 is 0. The molecule has 5 heteroatoms. The third kappa shape index (κ3) is 3.29. The Bertz CT molecular complexity index is 404. The molecule has 0 aliphatic heterocycles. The Balaban J connectivity index is 3.06. The van der Waals surface area contributed by atoms with E-state index in [0.29, 0.717) is 35.8 Å². The third-order valence-corrected chi connectivity index (χ3v) is 2.72.